The SMILES string of the molecule is NC(=S)N=N/C=c1\cc/c(=C/c2sc(=O)[nH]c2O)o1. The maximum absolute atomic E-state index is 11.0. The van der Waals surface area contributed by atoms with Gasteiger partial charge < -0.3 is 15.3 Å². The molecule has 0 saturated heterocycles. The Morgan fingerprint density at radius 2 is 2.26 bits per heavy atom. The Balaban J connectivity index is 2.33. The van der Waals surface area contributed by atoms with Gasteiger partial charge in [-0.2, -0.15) is 5.11 Å². The summed E-state index contributed by atoms with van der Waals surface area (Å²) in [4.78, 5) is 13.3. The van der Waals surface area contributed by atoms with Crippen LogP contribution in [0.4, 0.5) is 0 Å². The molecule has 0 saturated carbocycles. The van der Waals surface area contributed by atoms with Crippen LogP contribution in [0.2, 0.25) is 0 Å². The first-order chi connectivity index (χ1) is 9.04. The Bertz CT molecular complexity index is 799. The van der Waals surface area contributed by atoms with Crippen molar-refractivity contribution in [1.82, 2.24) is 4.98 Å². The minimum atomic E-state index is -0.340. The summed E-state index contributed by atoms with van der Waals surface area (Å²) in [6.45, 7) is 0. The van der Waals surface area contributed by atoms with E-state index in [1.807, 2.05) is 0 Å². The maximum atomic E-state index is 11.0. The molecule has 0 radical (unpaired) electrons. The molecule has 0 bridgehead atoms. The first-order valence-electron chi connectivity index (χ1n) is 4.95. The smallest absolute Gasteiger partial charge is 0.307 e. The van der Waals surface area contributed by atoms with Crippen molar-refractivity contribution in [3.05, 3.63) is 37.5 Å². The lowest BCUT2D eigenvalue weighted by molar-refractivity contribution is 0.454. The van der Waals surface area contributed by atoms with Crippen molar-refractivity contribution in [2.45, 2.75) is 0 Å². The minimum Gasteiger partial charge on any atom is -0.493 e. The van der Waals surface area contributed by atoms with Crippen molar-refractivity contribution in [3.8, 4) is 5.88 Å². The Hall–Kier alpha value is -2.26. The maximum Gasteiger partial charge on any atom is 0.307 e. The Labute approximate surface area is 115 Å². The van der Waals surface area contributed by atoms with E-state index in [1.54, 1.807) is 12.1 Å². The van der Waals surface area contributed by atoms with Crippen LogP contribution >= 0.6 is 23.6 Å². The average molecular weight is 296 g/mol. The van der Waals surface area contributed by atoms with Crippen LogP contribution in [-0.2, 0) is 0 Å². The van der Waals surface area contributed by atoms with Crippen molar-refractivity contribution in [3.63, 3.8) is 0 Å². The molecule has 0 aliphatic rings. The number of thiazole rings is 1. The van der Waals surface area contributed by atoms with Gasteiger partial charge >= 0.3 is 4.87 Å². The monoisotopic (exact) mass is 296 g/mol. The molecule has 2 aromatic heterocycles. The number of nitrogens with zero attached hydrogens (tertiary/aromatic N) is 2. The number of nitrogens with one attached hydrogen (secondary N) is 1. The van der Waals surface area contributed by atoms with Crippen LogP contribution in [0.15, 0.2) is 31.6 Å². The molecule has 4 N–H and O–H groups in total. The lowest BCUT2D eigenvalue weighted by atomic mass is 10.4. The number of aromatic nitrogens is 1. The zero-order chi connectivity index (χ0) is 13.8. The standard InChI is InChI=1S/C10H8N4O3S2/c11-9(18)14-12-4-6-2-1-5(17-6)3-7-8(15)13-10(16)19-7/h1-4,15H,(H2,11,18)(H,13,16)/b5-3-,6-4+,14-12?. The third-order valence-corrected chi connectivity index (χ3v) is 2.82. The van der Waals surface area contributed by atoms with Gasteiger partial charge in [-0.25, -0.2) is 0 Å². The molecule has 0 aromatic carbocycles. The van der Waals surface area contributed by atoms with Gasteiger partial charge in [0.15, 0.2) is 0 Å². The molecule has 7 nitrogen and oxygen atoms in total. The van der Waals surface area contributed by atoms with Gasteiger partial charge in [0.2, 0.25) is 11.0 Å². The number of rotatable bonds is 2. The van der Waals surface area contributed by atoms with Crippen molar-refractivity contribution < 1.29 is 9.52 Å². The molecule has 0 spiro atoms. The van der Waals surface area contributed by atoms with Crippen LogP contribution in [0.25, 0.3) is 12.3 Å². The fourth-order valence-corrected chi connectivity index (χ4v) is 1.93. The third-order valence-electron chi connectivity index (χ3n) is 1.92. The molecule has 0 unspecified atom stereocenters. The predicted molar refractivity (Wildman–Crippen MR) is 74.2 cm³/mol. The molecule has 0 amide bonds. The van der Waals surface area contributed by atoms with E-state index in [9.17, 15) is 9.90 Å². The highest BCUT2D eigenvalue weighted by atomic mass is 32.1. The molecule has 98 valence electrons. The van der Waals surface area contributed by atoms with Crippen LogP contribution in [0.3, 0.4) is 0 Å². The average Bonchev–Trinajstić information content (AvgIpc) is 2.87. The fourth-order valence-electron chi connectivity index (χ4n) is 1.22. The van der Waals surface area contributed by atoms with Gasteiger partial charge in [0.05, 0.1) is 11.1 Å². The van der Waals surface area contributed by atoms with Gasteiger partial charge in [0.25, 0.3) is 0 Å². The van der Waals surface area contributed by atoms with Gasteiger partial charge in [-0.15, -0.1) is 5.11 Å². The van der Waals surface area contributed by atoms with Gasteiger partial charge in [0.1, 0.15) is 10.8 Å². The summed E-state index contributed by atoms with van der Waals surface area (Å²) in [5.41, 5.74) is 6.04. The van der Waals surface area contributed by atoms with E-state index in [0.29, 0.717) is 15.7 Å². The van der Waals surface area contributed by atoms with Crippen LogP contribution in [-0.4, -0.2) is 15.2 Å². The zero-order valence-corrected chi connectivity index (χ0v) is 11.0. The molecule has 0 aliphatic heterocycles. The highest BCUT2D eigenvalue weighted by Crippen LogP contribution is 2.15. The molecule has 0 fully saturated rings. The molecule has 19 heavy (non-hydrogen) atoms. The number of H-pyrrole nitrogens is 1. The van der Waals surface area contributed by atoms with E-state index in [4.69, 9.17) is 10.2 Å². The number of hydrogen-bond donors (Lipinski definition) is 3. The van der Waals surface area contributed by atoms with Gasteiger partial charge in [0, 0.05) is 6.08 Å². The molecule has 2 heterocycles. The summed E-state index contributed by atoms with van der Waals surface area (Å²) >= 11 is 5.40. The molecule has 2 aromatic rings. The highest BCUT2D eigenvalue weighted by molar-refractivity contribution is 7.80. The minimum absolute atomic E-state index is 0.0726. The fraction of sp³-hybridized carbons (Fsp3) is 0. The summed E-state index contributed by atoms with van der Waals surface area (Å²) in [6.07, 6.45) is 2.87. The second-order valence-corrected chi connectivity index (χ2v) is 4.73. The topological polar surface area (TPSA) is 117 Å². The van der Waals surface area contributed by atoms with Crippen LogP contribution in [0.1, 0.15) is 4.88 Å². The number of aromatic hydroxyl groups is 1. The summed E-state index contributed by atoms with van der Waals surface area (Å²) in [5.74, 6) is -0.190. The second kappa shape index (κ2) is 5.59. The van der Waals surface area contributed by atoms with Crippen molar-refractivity contribution in [2.24, 2.45) is 16.0 Å². The predicted octanol–water partition coefficient (Wildman–Crippen LogP) is -0.00240. The van der Waals surface area contributed by atoms with Crippen molar-refractivity contribution >= 4 is 40.9 Å². The molecular formula is C10H8N4O3S2. The molecular weight excluding hydrogens is 288 g/mol. The van der Waals surface area contributed by atoms with Gasteiger partial charge in [-0.3, -0.25) is 9.78 Å². The number of nitrogens with two attached hydrogens (primary N) is 1. The van der Waals surface area contributed by atoms with E-state index < -0.39 is 0 Å². The first-order valence-corrected chi connectivity index (χ1v) is 6.17. The summed E-state index contributed by atoms with van der Waals surface area (Å²) in [7, 11) is 0. The normalized spacial score (nSPS) is 13.5. The summed E-state index contributed by atoms with van der Waals surface area (Å²) in [5, 5.41) is 16.4. The molecule has 9 heteroatoms. The number of thiocarbonyl (C=S) groups is 1. The van der Waals surface area contributed by atoms with Gasteiger partial charge in [-0.05, 0) is 24.4 Å². The Morgan fingerprint density at radius 1 is 1.53 bits per heavy atom. The van der Waals surface area contributed by atoms with E-state index in [-0.39, 0.29) is 15.9 Å². The number of aromatic amines is 1. The quantitative estimate of drug-likeness (QED) is 0.532. The number of hydrogen-bond acceptors (Lipinski definition) is 6. The highest BCUT2D eigenvalue weighted by Gasteiger charge is 2.03. The summed E-state index contributed by atoms with van der Waals surface area (Å²) < 4.78 is 5.36. The number of azo groups is 1. The zero-order valence-electron chi connectivity index (χ0n) is 9.36. The van der Waals surface area contributed by atoms with Crippen molar-refractivity contribution in [1.29, 1.82) is 0 Å². The van der Waals surface area contributed by atoms with Crippen molar-refractivity contribution in [2.75, 3.05) is 0 Å². The van der Waals surface area contributed by atoms with E-state index in [0.717, 1.165) is 11.3 Å². The molecule has 0 aliphatic carbocycles. The Kier molecular flexibility index (Phi) is 3.88. The largest absolute Gasteiger partial charge is 0.493 e. The van der Waals surface area contributed by atoms with Crippen LogP contribution in [0.5, 0.6) is 5.88 Å². The van der Waals surface area contributed by atoms with Crippen LogP contribution in [0, 0.1) is 0 Å². The van der Waals surface area contributed by atoms with Gasteiger partial charge in [-0.1, -0.05) is 11.3 Å². The first kappa shape index (κ1) is 13.2. The van der Waals surface area contributed by atoms with E-state index in [2.05, 4.69) is 27.4 Å². The second-order valence-electron chi connectivity index (χ2n) is 3.29. The molecule has 2 rings (SSSR count). The lowest BCUT2D eigenvalue weighted by Crippen LogP contribution is -2.02. The third kappa shape index (κ3) is 3.60. The number of furan rings is 1. The van der Waals surface area contributed by atoms with Crippen LogP contribution < -0.4 is 21.4 Å². The summed E-state index contributed by atoms with van der Waals surface area (Å²) in [6, 6.07) is 3.31. The lowest BCUT2D eigenvalue weighted by Gasteiger charge is -1.83. The van der Waals surface area contributed by atoms with E-state index >= 15 is 0 Å². The Morgan fingerprint density at radius 3 is 2.89 bits per heavy atom. The van der Waals surface area contributed by atoms with E-state index in [1.165, 1.54) is 12.3 Å². The molecule has 0 atom stereocenters.